The van der Waals surface area contributed by atoms with Crippen molar-refractivity contribution in [3.63, 3.8) is 0 Å². The van der Waals surface area contributed by atoms with E-state index in [2.05, 4.69) is 29.6 Å². The number of hydrogen-bond donors (Lipinski definition) is 2. The Labute approximate surface area is 123 Å². The maximum atomic E-state index is 11.6. The lowest BCUT2D eigenvalue weighted by Gasteiger charge is -2.32. The van der Waals surface area contributed by atoms with Crippen molar-refractivity contribution in [2.75, 3.05) is 23.7 Å². The van der Waals surface area contributed by atoms with Crippen molar-refractivity contribution in [2.24, 2.45) is 0 Å². The molecule has 1 saturated heterocycles. The number of hydrogen-bond acceptors (Lipinski definition) is 6. The predicted molar refractivity (Wildman–Crippen MR) is 79.5 cm³/mol. The Morgan fingerprint density at radius 2 is 2.10 bits per heavy atom. The number of H-pyrrole nitrogens is 1. The fourth-order valence-corrected chi connectivity index (χ4v) is 3.45. The third kappa shape index (κ3) is 2.98. The van der Waals surface area contributed by atoms with Gasteiger partial charge in [-0.15, -0.1) is 0 Å². The molecule has 1 fully saturated rings. The van der Waals surface area contributed by atoms with Crippen LogP contribution in [0.25, 0.3) is 11.2 Å². The van der Waals surface area contributed by atoms with Crippen LogP contribution in [0.1, 0.15) is 19.8 Å². The average Bonchev–Trinajstić information content (AvgIpc) is 2.96. The molecular weight excluding hydrogens is 292 g/mol. The minimum absolute atomic E-state index is 0.00490. The van der Waals surface area contributed by atoms with Crippen molar-refractivity contribution in [1.82, 2.24) is 24.7 Å². The summed E-state index contributed by atoms with van der Waals surface area (Å²) in [7, 11) is -3.14. The minimum Gasteiger partial charge on any atom is -0.355 e. The van der Waals surface area contributed by atoms with Crippen LogP contribution in [-0.4, -0.2) is 53.2 Å². The maximum Gasteiger partial charge on any atom is 0.211 e. The van der Waals surface area contributed by atoms with Gasteiger partial charge in [0.25, 0.3) is 0 Å². The molecule has 3 rings (SSSR count). The van der Waals surface area contributed by atoms with Crippen LogP contribution < -0.4 is 9.62 Å². The number of anilines is 1. The molecule has 0 unspecified atom stereocenters. The molecule has 9 heteroatoms. The molecule has 0 aromatic carbocycles. The summed E-state index contributed by atoms with van der Waals surface area (Å²) in [5, 5.41) is 0. The Bertz CT molecular complexity index is 720. The van der Waals surface area contributed by atoms with E-state index in [1.54, 1.807) is 13.3 Å². The van der Waals surface area contributed by atoms with Gasteiger partial charge in [-0.25, -0.2) is 28.1 Å². The lowest BCUT2D eigenvalue weighted by Crippen LogP contribution is -2.45. The molecule has 8 nitrogen and oxygen atoms in total. The van der Waals surface area contributed by atoms with E-state index in [0.717, 1.165) is 37.3 Å². The standard InChI is InChI=1S/C12H18N6O2S/c1-2-21(19,20)17-9-3-5-18(6-4-9)12-10-11(14-7-13-10)15-8-16-12/h7-9,17H,2-6H2,1H3,(H,13,14,15,16). The highest BCUT2D eigenvalue weighted by molar-refractivity contribution is 7.89. The summed E-state index contributed by atoms with van der Waals surface area (Å²) in [5.41, 5.74) is 1.47. The number of imidazole rings is 1. The molecule has 0 aliphatic carbocycles. The van der Waals surface area contributed by atoms with Crippen molar-refractivity contribution in [3.05, 3.63) is 12.7 Å². The third-order valence-corrected chi connectivity index (χ3v) is 5.18. The van der Waals surface area contributed by atoms with Gasteiger partial charge in [-0.1, -0.05) is 0 Å². The van der Waals surface area contributed by atoms with Gasteiger partial charge in [0.2, 0.25) is 10.0 Å². The highest BCUT2D eigenvalue weighted by atomic mass is 32.2. The van der Waals surface area contributed by atoms with E-state index in [0.29, 0.717) is 5.65 Å². The van der Waals surface area contributed by atoms with Crippen LogP contribution in [0, 0.1) is 0 Å². The lowest BCUT2D eigenvalue weighted by atomic mass is 10.1. The van der Waals surface area contributed by atoms with Crippen molar-refractivity contribution in [3.8, 4) is 0 Å². The maximum absolute atomic E-state index is 11.6. The zero-order valence-electron chi connectivity index (χ0n) is 11.8. The molecule has 0 radical (unpaired) electrons. The quantitative estimate of drug-likeness (QED) is 0.839. The molecule has 2 aromatic rings. The zero-order chi connectivity index (χ0) is 14.9. The van der Waals surface area contributed by atoms with Gasteiger partial charge >= 0.3 is 0 Å². The van der Waals surface area contributed by atoms with E-state index < -0.39 is 10.0 Å². The Kier molecular flexibility index (Phi) is 3.77. The smallest absolute Gasteiger partial charge is 0.211 e. The molecule has 1 aliphatic heterocycles. The Hall–Kier alpha value is -1.74. The number of piperidine rings is 1. The fourth-order valence-electron chi connectivity index (χ4n) is 2.54. The van der Waals surface area contributed by atoms with E-state index in [1.807, 2.05) is 0 Å². The van der Waals surface area contributed by atoms with E-state index in [4.69, 9.17) is 0 Å². The largest absolute Gasteiger partial charge is 0.355 e. The second-order valence-corrected chi connectivity index (χ2v) is 7.12. The summed E-state index contributed by atoms with van der Waals surface area (Å²) in [6, 6.07) is 0.00490. The predicted octanol–water partition coefficient (Wildman–Crippen LogP) is 0.261. The molecule has 0 atom stereocenters. The van der Waals surface area contributed by atoms with Crippen molar-refractivity contribution >= 4 is 27.0 Å². The van der Waals surface area contributed by atoms with Crippen LogP contribution in [0.4, 0.5) is 5.82 Å². The van der Waals surface area contributed by atoms with Crippen LogP contribution in [0.2, 0.25) is 0 Å². The molecule has 0 spiro atoms. The number of aromatic amines is 1. The minimum atomic E-state index is -3.14. The van der Waals surface area contributed by atoms with Crippen LogP contribution >= 0.6 is 0 Å². The summed E-state index contributed by atoms with van der Waals surface area (Å²) in [5.74, 6) is 0.947. The van der Waals surface area contributed by atoms with Crippen LogP contribution in [0.15, 0.2) is 12.7 Å². The fraction of sp³-hybridized carbons (Fsp3) is 0.583. The first-order valence-electron chi connectivity index (χ1n) is 6.98. The van der Waals surface area contributed by atoms with Crippen molar-refractivity contribution in [1.29, 1.82) is 0 Å². The first-order chi connectivity index (χ1) is 10.1. The zero-order valence-corrected chi connectivity index (χ0v) is 12.6. The van der Waals surface area contributed by atoms with E-state index in [-0.39, 0.29) is 11.8 Å². The summed E-state index contributed by atoms with van der Waals surface area (Å²) in [4.78, 5) is 17.7. The number of fused-ring (bicyclic) bond motifs is 1. The molecule has 0 saturated carbocycles. The number of nitrogens with one attached hydrogen (secondary N) is 2. The van der Waals surface area contributed by atoms with Crippen LogP contribution in [0.3, 0.4) is 0 Å². The molecule has 2 aromatic heterocycles. The molecule has 2 N–H and O–H groups in total. The number of sulfonamides is 1. The second-order valence-electron chi connectivity index (χ2n) is 5.08. The first kappa shape index (κ1) is 14.2. The Balaban J connectivity index is 1.70. The van der Waals surface area contributed by atoms with Gasteiger partial charge in [0.05, 0.1) is 12.1 Å². The molecular formula is C12H18N6O2S. The highest BCUT2D eigenvalue weighted by Crippen LogP contribution is 2.23. The van der Waals surface area contributed by atoms with Gasteiger partial charge in [0, 0.05) is 19.1 Å². The molecule has 114 valence electrons. The van der Waals surface area contributed by atoms with Gasteiger partial charge < -0.3 is 9.88 Å². The van der Waals surface area contributed by atoms with Crippen molar-refractivity contribution < 1.29 is 8.42 Å². The summed E-state index contributed by atoms with van der Waals surface area (Å²) in [6.45, 7) is 3.15. The number of rotatable bonds is 4. The average molecular weight is 310 g/mol. The lowest BCUT2D eigenvalue weighted by molar-refractivity contribution is 0.459. The Morgan fingerprint density at radius 1 is 1.33 bits per heavy atom. The monoisotopic (exact) mass is 310 g/mol. The Morgan fingerprint density at radius 3 is 2.81 bits per heavy atom. The van der Waals surface area contributed by atoms with Gasteiger partial charge in [0.15, 0.2) is 11.5 Å². The third-order valence-electron chi connectivity index (χ3n) is 3.72. The molecule has 1 aliphatic rings. The summed E-state index contributed by atoms with van der Waals surface area (Å²) < 4.78 is 25.9. The normalized spacial score (nSPS) is 17.5. The van der Waals surface area contributed by atoms with Crippen molar-refractivity contribution in [2.45, 2.75) is 25.8 Å². The number of aromatic nitrogens is 4. The van der Waals surface area contributed by atoms with Gasteiger partial charge in [0.1, 0.15) is 11.8 Å². The van der Waals surface area contributed by atoms with Gasteiger partial charge in [-0.3, -0.25) is 0 Å². The molecule has 0 amide bonds. The van der Waals surface area contributed by atoms with Crippen LogP contribution in [-0.2, 0) is 10.0 Å². The van der Waals surface area contributed by atoms with E-state index >= 15 is 0 Å². The molecule has 3 heterocycles. The molecule has 21 heavy (non-hydrogen) atoms. The summed E-state index contributed by atoms with van der Waals surface area (Å²) in [6.07, 6.45) is 4.63. The first-order valence-corrected chi connectivity index (χ1v) is 8.63. The SMILES string of the molecule is CCS(=O)(=O)NC1CCN(c2ncnc3nc[nH]c23)CC1. The highest BCUT2D eigenvalue weighted by Gasteiger charge is 2.24. The van der Waals surface area contributed by atoms with Gasteiger partial charge in [-0.05, 0) is 19.8 Å². The van der Waals surface area contributed by atoms with Gasteiger partial charge in [-0.2, -0.15) is 0 Å². The number of nitrogens with zero attached hydrogens (tertiary/aromatic N) is 4. The topological polar surface area (TPSA) is 104 Å². The second kappa shape index (κ2) is 5.57. The van der Waals surface area contributed by atoms with Crippen LogP contribution in [0.5, 0.6) is 0 Å². The van der Waals surface area contributed by atoms with E-state index in [1.165, 1.54) is 6.33 Å². The van der Waals surface area contributed by atoms with E-state index in [9.17, 15) is 8.42 Å². The summed E-state index contributed by atoms with van der Waals surface area (Å²) >= 11 is 0. The molecule has 0 bridgehead atoms.